The fraction of sp³-hybridized carbons (Fsp3) is 0.524. The smallest absolute Gasteiger partial charge is 0.325 e. The molecule has 1 N–H and O–H groups in total. The maximum atomic E-state index is 12.7. The van der Waals surface area contributed by atoms with Crippen LogP contribution >= 0.6 is 0 Å². The molecule has 28 heavy (non-hydrogen) atoms. The van der Waals surface area contributed by atoms with Crippen LogP contribution in [0.25, 0.3) is 0 Å². The number of hydrogen-bond acceptors (Lipinski definition) is 4. The van der Waals surface area contributed by atoms with E-state index >= 15 is 0 Å². The summed E-state index contributed by atoms with van der Waals surface area (Å²) in [5.74, 6) is -1.72. The van der Waals surface area contributed by atoms with Gasteiger partial charge in [0.05, 0.1) is 0 Å². The van der Waals surface area contributed by atoms with Gasteiger partial charge in [-0.15, -0.1) is 0 Å². The van der Waals surface area contributed by atoms with Gasteiger partial charge in [-0.3, -0.25) is 19.3 Å². The van der Waals surface area contributed by atoms with E-state index in [-0.39, 0.29) is 12.0 Å². The molecule has 1 heterocycles. The van der Waals surface area contributed by atoms with Crippen LogP contribution in [0.15, 0.2) is 24.3 Å². The Kier molecular flexibility index (Phi) is 5.82. The number of imide groups is 2. The Morgan fingerprint density at radius 3 is 2.32 bits per heavy atom. The number of carbonyl (C=O) groups is 4. The normalized spacial score (nSPS) is 22.9. The van der Waals surface area contributed by atoms with Gasteiger partial charge in [0, 0.05) is 11.7 Å². The van der Waals surface area contributed by atoms with Crippen molar-refractivity contribution in [1.29, 1.82) is 0 Å². The van der Waals surface area contributed by atoms with Gasteiger partial charge in [0.2, 0.25) is 5.91 Å². The number of urea groups is 1. The summed E-state index contributed by atoms with van der Waals surface area (Å²) in [6.07, 6.45) is 3.60. The fourth-order valence-corrected chi connectivity index (χ4v) is 3.93. The molecule has 3 rings (SSSR count). The third kappa shape index (κ3) is 3.93. The lowest BCUT2D eigenvalue weighted by atomic mass is 9.85. The van der Waals surface area contributed by atoms with Gasteiger partial charge in [-0.1, -0.05) is 45.7 Å². The quantitative estimate of drug-likeness (QED) is 0.623. The number of nitrogens with zero attached hydrogens (tertiary/aromatic N) is 2. The highest BCUT2D eigenvalue weighted by atomic mass is 16.2. The topological polar surface area (TPSA) is 86.8 Å². The van der Waals surface area contributed by atoms with Crippen molar-refractivity contribution in [2.24, 2.45) is 5.92 Å². The molecule has 1 aliphatic carbocycles. The zero-order valence-electron chi connectivity index (χ0n) is 16.6. The highest BCUT2D eigenvalue weighted by Gasteiger charge is 2.49. The first-order valence-corrected chi connectivity index (χ1v) is 9.88. The van der Waals surface area contributed by atoms with E-state index in [0.29, 0.717) is 18.0 Å². The highest BCUT2D eigenvalue weighted by molar-refractivity contribution is 6.45. The van der Waals surface area contributed by atoms with Crippen LogP contribution in [0, 0.1) is 5.92 Å². The molecule has 0 radical (unpaired) electrons. The Morgan fingerprint density at radius 2 is 1.71 bits per heavy atom. The number of nitrogens with one attached hydrogen (secondary N) is 1. The minimum absolute atomic E-state index is 0.155. The summed E-state index contributed by atoms with van der Waals surface area (Å²) in [6, 6.07) is 6.45. The van der Waals surface area contributed by atoms with Gasteiger partial charge < -0.3 is 5.32 Å². The molecule has 7 heteroatoms. The van der Waals surface area contributed by atoms with Gasteiger partial charge in [-0.2, -0.15) is 0 Å². The van der Waals surface area contributed by atoms with Gasteiger partial charge in [-0.05, 0) is 42.4 Å². The minimum Gasteiger partial charge on any atom is -0.325 e. The molecular weight excluding hydrogens is 358 g/mol. The Hall–Kier alpha value is -2.70. The van der Waals surface area contributed by atoms with Gasteiger partial charge in [0.25, 0.3) is 0 Å². The molecule has 0 unspecified atom stereocenters. The second kappa shape index (κ2) is 8.12. The summed E-state index contributed by atoms with van der Waals surface area (Å²) in [6.45, 7) is 5.68. The molecule has 5 amide bonds. The van der Waals surface area contributed by atoms with Crippen LogP contribution in [0.4, 0.5) is 10.5 Å². The average Bonchev–Trinajstić information content (AvgIpc) is 2.86. The molecule has 1 saturated carbocycles. The van der Waals surface area contributed by atoms with Crippen LogP contribution in [0.5, 0.6) is 0 Å². The van der Waals surface area contributed by atoms with Gasteiger partial charge in [-0.25, -0.2) is 9.69 Å². The summed E-state index contributed by atoms with van der Waals surface area (Å²) < 4.78 is 0. The maximum Gasteiger partial charge on any atom is 0.334 e. The van der Waals surface area contributed by atoms with Gasteiger partial charge in [0.1, 0.15) is 6.54 Å². The third-order valence-electron chi connectivity index (χ3n) is 5.64. The lowest BCUT2D eigenvalue weighted by Gasteiger charge is -2.34. The van der Waals surface area contributed by atoms with Crippen LogP contribution in [-0.4, -0.2) is 46.1 Å². The lowest BCUT2D eigenvalue weighted by Crippen LogP contribution is -2.46. The first-order valence-electron chi connectivity index (χ1n) is 9.88. The third-order valence-corrected chi connectivity index (χ3v) is 5.64. The summed E-state index contributed by atoms with van der Waals surface area (Å²) in [7, 11) is 0. The van der Waals surface area contributed by atoms with Crippen LogP contribution in [0.2, 0.25) is 0 Å². The Bertz CT molecular complexity index is 787. The van der Waals surface area contributed by atoms with Crippen molar-refractivity contribution in [3.05, 3.63) is 29.8 Å². The molecule has 150 valence electrons. The van der Waals surface area contributed by atoms with Crippen molar-refractivity contribution >= 4 is 29.4 Å². The Labute approximate surface area is 165 Å². The molecule has 2 fully saturated rings. The van der Waals surface area contributed by atoms with Crippen LogP contribution in [0.1, 0.15) is 57.9 Å². The fourth-order valence-electron chi connectivity index (χ4n) is 3.93. The first-order chi connectivity index (χ1) is 13.3. The molecule has 2 atom stereocenters. The van der Waals surface area contributed by atoms with E-state index in [9.17, 15) is 19.2 Å². The lowest BCUT2D eigenvalue weighted by molar-refractivity contribution is -0.145. The van der Waals surface area contributed by atoms with E-state index in [0.717, 1.165) is 34.6 Å². The Morgan fingerprint density at radius 1 is 1.07 bits per heavy atom. The molecule has 0 bridgehead atoms. The summed E-state index contributed by atoms with van der Waals surface area (Å²) in [4.78, 5) is 51.6. The van der Waals surface area contributed by atoms with E-state index in [2.05, 4.69) is 19.2 Å². The van der Waals surface area contributed by atoms with Crippen LogP contribution in [0.3, 0.4) is 0 Å². The molecule has 0 aromatic heterocycles. The molecule has 1 aromatic carbocycles. The van der Waals surface area contributed by atoms with Crippen molar-refractivity contribution in [3.63, 3.8) is 0 Å². The monoisotopic (exact) mass is 385 g/mol. The molecule has 1 aromatic rings. The van der Waals surface area contributed by atoms with Crippen LogP contribution in [-0.2, 0) is 14.4 Å². The second-order valence-corrected chi connectivity index (χ2v) is 8.00. The zero-order valence-corrected chi connectivity index (χ0v) is 16.6. The molecule has 1 aliphatic heterocycles. The molecule has 2 aliphatic rings. The van der Waals surface area contributed by atoms with E-state index in [4.69, 9.17) is 0 Å². The van der Waals surface area contributed by atoms with Crippen molar-refractivity contribution < 1.29 is 19.2 Å². The standard InChI is InChI=1S/C21H27N3O4/c1-13(2)15-8-10-16(11-9-15)22-18(25)12-23-19(26)20(27)24(21(23)28)17-7-5-4-6-14(17)3/h8-11,13-14,17H,4-7,12H2,1-3H3,(H,22,25)/t14-,17-/m1/s1. The largest absolute Gasteiger partial charge is 0.334 e. The Balaban J connectivity index is 1.66. The predicted molar refractivity (Wildman–Crippen MR) is 105 cm³/mol. The number of hydrogen-bond donors (Lipinski definition) is 1. The summed E-state index contributed by atoms with van der Waals surface area (Å²) in [5, 5.41) is 2.68. The van der Waals surface area contributed by atoms with Gasteiger partial charge in [0.15, 0.2) is 0 Å². The maximum absolute atomic E-state index is 12.7. The second-order valence-electron chi connectivity index (χ2n) is 8.00. The number of amides is 5. The van der Waals surface area contributed by atoms with Crippen LogP contribution < -0.4 is 5.32 Å². The summed E-state index contributed by atoms with van der Waals surface area (Å²) in [5.41, 5.74) is 1.73. The number of benzene rings is 1. The van der Waals surface area contributed by atoms with Crippen molar-refractivity contribution in [3.8, 4) is 0 Å². The van der Waals surface area contributed by atoms with Crippen molar-refractivity contribution in [1.82, 2.24) is 9.80 Å². The molecular formula is C21H27N3O4. The highest BCUT2D eigenvalue weighted by Crippen LogP contribution is 2.31. The number of carbonyl (C=O) groups excluding carboxylic acids is 4. The first kappa shape index (κ1) is 20.0. The number of anilines is 1. The summed E-state index contributed by atoms with van der Waals surface area (Å²) >= 11 is 0. The molecule has 0 spiro atoms. The van der Waals surface area contributed by atoms with Gasteiger partial charge >= 0.3 is 17.8 Å². The van der Waals surface area contributed by atoms with Crippen molar-refractivity contribution in [2.45, 2.75) is 58.4 Å². The number of rotatable bonds is 5. The van der Waals surface area contributed by atoms with E-state index < -0.39 is 30.3 Å². The van der Waals surface area contributed by atoms with E-state index in [1.54, 1.807) is 12.1 Å². The zero-order chi connectivity index (χ0) is 20.4. The predicted octanol–water partition coefficient (Wildman–Crippen LogP) is 3.12. The van der Waals surface area contributed by atoms with E-state index in [1.165, 1.54) is 0 Å². The molecule has 1 saturated heterocycles. The molecule has 7 nitrogen and oxygen atoms in total. The SMILES string of the molecule is CC(C)c1ccc(NC(=O)CN2C(=O)C(=O)N([C@@H]3CCCC[C@H]3C)C2=O)cc1. The minimum atomic E-state index is -0.923. The average molecular weight is 385 g/mol. The van der Waals surface area contributed by atoms with Crippen molar-refractivity contribution in [2.75, 3.05) is 11.9 Å². The van der Waals surface area contributed by atoms with E-state index in [1.807, 2.05) is 19.1 Å².